The molecule has 0 radical (unpaired) electrons. The van der Waals surface area contributed by atoms with Crippen molar-refractivity contribution >= 4 is 17.4 Å². The maximum absolute atomic E-state index is 5.77. The van der Waals surface area contributed by atoms with Gasteiger partial charge in [-0.05, 0) is 12.8 Å². The average molecular weight is 214 g/mol. The second kappa shape index (κ2) is 4.60. The fraction of sp³-hybridized carbons (Fsp3) is 0.600. The fourth-order valence-electron chi connectivity index (χ4n) is 1.16. The Morgan fingerprint density at radius 2 is 1.93 bits per heavy atom. The topological polar surface area (TPSA) is 29.0 Å². The lowest BCUT2D eigenvalue weighted by molar-refractivity contribution is 0.502. The van der Waals surface area contributed by atoms with Crippen molar-refractivity contribution in [2.45, 2.75) is 26.8 Å². The quantitative estimate of drug-likeness (QED) is 0.773. The van der Waals surface area contributed by atoms with Crippen LogP contribution in [0.15, 0.2) is 12.4 Å². The first kappa shape index (κ1) is 11.2. The van der Waals surface area contributed by atoms with Gasteiger partial charge in [-0.2, -0.15) is 0 Å². The molecule has 1 rings (SSSR count). The normalized spacial score (nSPS) is 13.0. The van der Waals surface area contributed by atoms with Crippen molar-refractivity contribution in [2.75, 3.05) is 11.9 Å². The zero-order valence-corrected chi connectivity index (χ0v) is 9.78. The van der Waals surface area contributed by atoms with Crippen LogP contribution in [0.1, 0.15) is 20.8 Å². The molecular weight excluding hydrogens is 198 g/mol. The largest absolute Gasteiger partial charge is 0.355 e. The Kier molecular flexibility index (Phi) is 3.69. The van der Waals surface area contributed by atoms with Crippen molar-refractivity contribution in [3.63, 3.8) is 0 Å². The van der Waals surface area contributed by atoms with Crippen LogP contribution in [0.2, 0.25) is 5.15 Å². The van der Waals surface area contributed by atoms with Crippen LogP contribution in [0.4, 0.5) is 5.82 Å². The van der Waals surface area contributed by atoms with Gasteiger partial charge in [0.15, 0.2) is 0 Å². The molecule has 0 N–H and O–H groups in total. The Balaban J connectivity index is 2.83. The fourth-order valence-corrected chi connectivity index (χ4v) is 1.30. The van der Waals surface area contributed by atoms with Crippen molar-refractivity contribution in [2.24, 2.45) is 5.92 Å². The lowest BCUT2D eigenvalue weighted by Crippen LogP contribution is -2.33. The minimum absolute atomic E-state index is 0.419. The van der Waals surface area contributed by atoms with E-state index in [1.54, 1.807) is 12.4 Å². The van der Waals surface area contributed by atoms with Gasteiger partial charge < -0.3 is 4.90 Å². The van der Waals surface area contributed by atoms with E-state index in [0.717, 1.165) is 5.82 Å². The summed E-state index contributed by atoms with van der Waals surface area (Å²) in [6.45, 7) is 6.52. The van der Waals surface area contributed by atoms with Gasteiger partial charge in [-0.15, -0.1) is 0 Å². The molecule has 0 aromatic carbocycles. The summed E-state index contributed by atoms with van der Waals surface area (Å²) >= 11 is 5.77. The molecule has 0 spiro atoms. The van der Waals surface area contributed by atoms with E-state index in [2.05, 4.69) is 35.6 Å². The molecule has 0 fully saturated rings. The Hall–Kier alpha value is -0.830. The van der Waals surface area contributed by atoms with Crippen molar-refractivity contribution in [1.82, 2.24) is 9.97 Å². The highest BCUT2D eigenvalue weighted by Gasteiger charge is 2.14. The van der Waals surface area contributed by atoms with Gasteiger partial charge in [0.2, 0.25) is 0 Å². The molecule has 0 aliphatic heterocycles. The minimum atomic E-state index is 0.419. The van der Waals surface area contributed by atoms with Gasteiger partial charge in [0.25, 0.3) is 0 Å². The second-order valence-corrected chi connectivity index (χ2v) is 4.18. The van der Waals surface area contributed by atoms with Crippen LogP contribution in [0.3, 0.4) is 0 Å². The van der Waals surface area contributed by atoms with Crippen LogP contribution < -0.4 is 4.90 Å². The number of rotatable bonds is 3. The number of nitrogens with zero attached hydrogens (tertiary/aromatic N) is 3. The maximum atomic E-state index is 5.77. The van der Waals surface area contributed by atoms with Crippen LogP contribution in [0.25, 0.3) is 0 Å². The van der Waals surface area contributed by atoms with Crippen molar-refractivity contribution in [1.29, 1.82) is 0 Å². The molecule has 3 nitrogen and oxygen atoms in total. The number of hydrogen-bond acceptors (Lipinski definition) is 3. The molecule has 4 heteroatoms. The Labute approximate surface area is 90.1 Å². The summed E-state index contributed by atoms with van der Waals surface area (Å²) in [5.41, 5.74) is 0. The molecule has 0 bridgehead atoms. The Bertz CT molecular complexity index is 301. The van der Waals surface area contributed by atoms with E-state index in [9.17, 15) is 0 Å². The summed E-state index contributed by atoms with van der Waals surface area (Å²) in [4.78, 5) is 10.3. The zero-order valence-electron chi connectivity index (χ0n) is 9.03. The molecule has 0 aliphatic rings. The first-order chi connectivity index (χ1) is 6.52. The SMILES string of the molecule is CC(C)C(C)N(C)c1cncc(Cl)n1. The van der Waals surface area contributed by atoms with E-state index in [1.807, 2.05) is 7.05 Å². The molecule has 0 amide bonds. The van der Waals surface area contributed by atoms with Crippen LogP contribution in [-0.4, -0.2) is 23.1 Å². The minimum Gasteiger partial charge on any atom is -0.355 e. The molecular formula is C10H16ClN3. The third kappa shape index (κ3) is 2.58. The molecule has 0 saturated carbocycles. The molecule has 0 saturated heterocycles. The van der Waals surface area contributed by atoms with Crippen LogP contribution in [0, 0.1) is 5.92 Å². The van der Waals surface area contributed by atoms with Gasteiger partial charge in [-0.3, -0.25) is 4.98 Å². The Morgan fingerprint density at radius 3 is 2.43 bits per heavy atom. The van der Waals surface area contributed by atoms with E-state index in [-0.39, 0.29) is 0 Å². The monoisotopic (exact) mass is 213 g/mol. The van der Waals surface area contributed by atoms with Crippen molar-refractivity contribution in [3.8, 4) is 0 Å². The van der Waals surface area contributed by atoms with E-state index in [0.29, 0.717) is 17.1 Å². The molecule has 1 unspecified atom stereocenters. The first-order valence-corrected chi connectivity index (χ1v) is 5.10. The number of anilines is 1. The smallest absolute Gasteiger partial charge is 0.149 e. The second-order valence-electron chi connectivity index (χ2n) is 3.80. The predicted molar refractivity (Wildman–Crippen MR) is 59.7 cm³/mol. The van der Waals surface area contributed by atoms with Crippen molar-refractivity contribution < 1.29 is 0 Å². The molecule has 14 heavy (non-hydrogen) atoms. The third-order valence-electron chi connectivity index (χ3n) is 2.53. The van der Waals surface area contributed by atoms with E-state index >= 15 is 0 Å². The van der Waals surface area contributed by atoms with Gasteiger partial charge >= 0.3 is 0 Å². The summed E-state index contributed by atoms with van der Waals surface area (Å²) in [7, 11) is 2.00. The standard InChI is InChI=1S/C10H16ClN3/c1-7(2)8(3)14(4)10-6-12-5-9(11)13-10/h5-8H,1-4H3. The van der Waals surface area contributed by atoms with Gasteiger partial charge in [0, 0.05) is 13.1 Å². The van der Waals surface area contributed by atoms with Gasteiger partial charge in [0.05, 0.1) is 12.4 Å². The van der Waals surface area contributed by atoms with Gasteiger partial charge in [0.1, 0.15) is 11.0 Å². The van der Waals surface area contributed by atoms with E-state index < -0.39 is 0 Å². The van der Waals surface area contributed by atoms with Crippen LogP contribution in [-0.2, 0) is 0 Å². The molecule has 1 heterocycles. The molecule has 1 atom stereocenters. The molecule has 78 valence electrons. The van der Waals surface area contributed by atoms with Crippen LogP contribution in [0.5, 0.6) is 0 Å². The maximum Gasteiger partial charge on any atom is 0.149 e. The summed E-state index contributed by atoms with van der Waals surface area (Å²) in [6.07, 6.45) is 3.27. The average Bonchev–Trinajstić information content (AvgIpc) is 2.15. The number of hydrogen-bond donors (Lipinski definition) is 0. The lowest BCUT2D eigenvalue weighted by Gasteiger charge is -2.28. The summed E-state index contributed by atoms with van der Waals surface area (Å²) in [6, 6.07) is 0.419. The highest BCUT2D eigenvalue weighted by molar-refractivity contribution is 6.29. The van der Waals surface area contributed by atoms with E-state index in [1.165, 1.54) is 0 Å². The van der Waals surface area contributed by atoms with Gasteiger partial charge in [-0.25, -0.2) is 4.98 Å². The zero-order chi connectivity index (χ0) is 10.7. The number of aromatic nitrogens is 2. The predicted octanol–water partition coefficient (Wildman–Crippen LogP) is 2.61. The molecule has 1 aromatic rings. The summed E-state index contributed by atoms with van der Waals surface area (Å²) in [5, 5.41) is 0.435. The lowest BCUT2D eigenvalue weighted by atomic mass is 10.1. The molecule has 0 aliphatic carbocycles. The highest BCUT2D eigenvalue weighted by atomic mass is 35.5. The van der Waals surface area contributed by atoms with E-state index in [4.69, 9.17) is 11.6 Å². The van der Waals surface area contributed by atoms with Crippen LogP contribution >= 0.6 is 11.6 Å². The first-order valence-electron chi connectivity index (χ1n) is 4.72. The number of halogens is 1. The Morgan fingerprint density at radius 1 is 1.29 bits per heavy atom. The molecule has 1 aromatic heterocycles. The highest BCUT2D eigenvalue weighted by Crippen LogP contribution is 2.17. The van der Waals surface area contributed by atoms with Crippen molar-refractivity contribution in [3.05, 3.63) is 17.5 Å². The third-order valence-corrected chi connectivity index (χ3v) is 2.71. The summed E-state index contributed by atoms with van der Waals surface area (Å²) in [5.74, 6) is 1.39. The van der Waals surface area contributed by atoms with Gasteiger partial charge in [-0.1, -0.05) is 25.4 Å². The summed E-state index contributed by atoms with van der Waals surface area (Å²) < 4.78 is 0.